The van der Waals surface area contributed by atoms with Crippen LogP contribution in [0.15, 0.2) is 49.3 Å². The van der Waals surface area contributed by atoms with Gasteiger partial charge in [0.05, 0.1) is 10.8 Å². The average molecular weight is 358 g/mol. The van der Waals surface area contributed by atoms with Crippen LogP contribution in [-0.4, -0.2) is 20.3 Å². The van der Waals surface area contributed by atoms with Gasteiger partial charge >= 0.3 is 0 Å². The first-order valence-electron chi connectivity index (χ1n) is 5.99. The molecule has 1 aromatic carbocycles. The maximum absolute atomic E-state index is 5.04. The van der Waals surface area contributed by atoms with Crippen molar-refractivity contribution in [3.05, 3.63) is 45.7 Å². The van der Waals surface area contributed by atoms with Crippen LogP contribution in [0.4, 0.5) is 0 Å². The van der Waals surface area contributed by atoms with E-state index in [9.17, 15) is 0 Å². The number of thiophene rings is 1. The van der Waals surface area contributed by atoms with Crippen molar-refractivity contribution >= 4 is 39.0 Å². The monoisotopic (exact) mass is 357 g/mol. The highest BCUT2D eigenvalue weighted by Crippen LogP contribution is 2.35. The predicted octanol–water partition coefficient (Wildman–Crippen LogP) is 4.40. The lowest BCUT2D eigenvalue weighted by molar-refractivity contribution is 0.199. The fourth-order valence-electron chi connectivity index (χ4n) is 1.60. The largest absolute Gasteiger partial charge is 0.383 e. The first-order chi connectivity index (χ1) is 9.29. The van der Waals surface area contributed by atoms with Gasteiger partial charge < -0.3 is 10.1 Å². The van der Waals surface area contributed by atoms with Gasteiger partial charge in [-0.25, -0.2) is 0 Å². The van der Waals surface area contributed by atoms with Crippen LogP contribution in [0.3, 0.4) is 0 Å². The fraction of sp³-hybridized carbons (Fsp3) is 0.286. The molecular formula is C14H16BrNOS2. The lowest BCUT2D eigenvalue weighted by Crippen LogP contribution is -2.18. The third-order valence-electron chi connectivity index (χ3n) is 2.53. The van der Waals surface area contributed by atoms with E-state index in [1.165, 1.54) is 14.7 Å². The molecule has 0 spiro atoms. The van der Waals surface area contributed by atoms with E-state index in [1.807, 2.05) is 11.8 Å². The Labute approximate surface area is 130 Å². The molecule has 2 nitrogen and oxygen atoms in total. The Morgan fingerprint density at radius 3 is 3.00 bits per heavy atom. The number of ether oxygens (including phenoxy) is 1. The lowest BCUT2D eigenvalue weighted by atomic mass is 10.2. The van der Waals surface area contributed by atoms with E-state index in [-0.39, 0.29) is 0 Å². The maximum Gasteiger partial charge on any atom is 0.0646 e. The Morgan fingerprint density at radius 2 is 2.26 bits per heavy atom. The van der Waals surface area contributed by atoms with Gasteiger partial charge in [-0.1, -0.05) is 39.8 Å². The van der Waals surface area contributed by atoms with Gasteiger partial charge in [0, 0.05) is 29.6 Å². The zero-order valence-corrected chi connectivity index (χ0v) is 13.9. The predicted molar refractivity (Wildman–Crippen MR) is 86.2 cm³/mol. The second kappa shape index (κ2) is 8.07. The molecule has 5 heteroatoms. The van der Waals surface area contributed by atoms with Crippen molar-refractivity contribution in [1.82, 2.24) is 5.32 Å². The number of halogens is 1. The number of nitrogens with one attached hydrogen (secondary N) is 1. The Morgan fingerprint density at radius 1 is 1.37 bits per heavy atom. The van der Waals surface area contributed by atoms with Gasteiger partial charge in [-0.15, -0.1) is 11.3 Å². The van der Waals surface area contributed by atoms with Crippen molar-refractivity contribution < 1.29 is 4.74 Å². The summed E-state index contributed by atoms with van der Waals surface area (Å²) in [4.78, 5) is 1.29. The van der Waals surface area contributed by atoms with Crippen LogP contribution in [0.1, 0.15) is 5.56 Å². The summed E-state index contributed by atoms with van der Waals surface area (Å²) in [5.74, 6) is 0. The summed E-state index contributed by atoms with van der Waals surface area (Å²) >= 11 is 7.13. The van der Waals surface area contributed by atoms with Gasteiger partial charge in [0.15, 0.2) is 0 Å². The van der Waals surface area contributed by atoms with E-state index in [0.717, 1.165) is 24.2 Å². The number of rotatable bonds is 7. The topological polar surface area (TPSA) is 21.3 Å². The zero-order valence-electron chi connectivity index (χ0n) is 10.7. The van der Waals surface area contributed by atoms with Crippen molar-refractivity contribution in [2.75, 3.05) is 20.3 Å². The first kappa shape index (κ1) is 15.1. The molecule has 0 bridgehead atoms. The second-order valence-electron chi connectivity index (χ2n) is 3.96. The molecule has 1 N–H and O–H groups in total. The molecule has 1 aromatic heterocycles. The Kier molecular flexibility index (Phi) is 6.40. The molecule has 102 valence electrons. The standard InChI is InChI=1S/C14H16BrNOS2/c1-17-7-6-16-10-11-4-5-12(15)9-13(11)19-14-3-2-8-18-14/h2-5,8-9,16H,6-7,10H2,1H3. The summed E-state index contributed by atoms with van der Waals surface area (Å²) in [6.07, 6.45) is 0. The molecule has 0 atom stereocenters. The minimum absolute atomic E-state index is 0.740. The molecule has 1 heterocycles. The molecule has 0 radical (unpaired) electrons. The highest BCUT2D eigenvalue weighted by molar-refractivity contribution is 9.10. The summed E-state index contributed by atoms with van der Waals surface area (Å²) in [6.45, 7) is 2.48. The van der Waals surface area contributed by atoms with Crippen LogP contribution in [0, 0.1) is 0 Å². The number of methoxy groups -OCH3 is 1. The zero-order chi connectivity index (χ0) is 13.5. The molecule has 0 saturated heterocycles. The van der Waals surface area contributed by atoms with Crippen molar-refractivity contribution in [3.8, 4) is 0 Å². The van der Waals surface area contributed by atoms with E-state index in [4.69, 9.17) is 4.74 Å². The highest BCUT2D eigenvalue weighted by atomic mass is 79.9. The van der Waals surface area contributed by atoms with E-state index >= 15 is 0 Å². The van der Waals surface area contributed by atoms with Crippen LogP contribution >= 0.6 is 39.0 Å². The normalized spacial score (nSPS) is 10.8. The summed E-state index contributed by atoms with van der Waals surface area (Å²) < 4.78 is 7.47. The molecular weight excluding hydrogens is 342 g/mol. The van der Waals surface area contributed by atoms with Crippen molar-refractivity contribution in [1.29, 1.82) is 0 Å². The lowest BCUT2D eigenvalue weighted by Gasteiger charge is -2.10. The number of hydrogen-bond donors (Lipinski definition) is 1. The van der Waals surface area contributed by atoms with E-state index in [1.54, 1.807) is 18.4 Å². The fourth-order valence-corrected chi connectivity index (χ4v) is 4.01. The molecule has 0 unspecified atom stereocenters. The third kappa shape index (κ3) is 4.93. The second-order valence-corrected chi connectivity index (χ2v) is 7.16. The molecule has 0 aliphatic rings. The van der Waals surface area contributed by atoms with Gasteiger partial charge in [0.25, 0.3) is 0 Å². The van der Waals surface area contributed by atoms with Crippen LogP contribution in [0.5, 0.6) is 0 Å². The highest BCUT2D eigenvalue weighted by Gasteiger charge is 2.06. The summed E-state index contributed by atoms with van der Waals surface area (Å²) in [5, 5.41) is 5.50. The van der Waals surface area contributed by atoms with Crippen LogP contribution in [0.2, 0.25) is 0 Å². The average Bonchev–Trinajstić information content (AvgIpc) is 2.90. The molecule has 0 fully saturated rings. The Balaban J connectivity index is 2.04. The van der Waals surface area contributed by atoms with Gasteiger partial charge in [0.1, 0.15) is 0 Å². The molecule has 19 heavy (non-hydrogen) atoms. The molecule has 0 saturated carbocycles. The van der Waals surface area contributed by atoms with Crippen LogP contribution < -0.4 is 5.32 Å². The summed E-state index contributed by atoms with van der Waals surface area (Å²) in [6, 6.07) is 10.7. The Bertz CT molecular complexity index is 502. The third-order valence-corrected chi connectivity index (χ3v) is 5.16. The smallest absolute Gasteiger partial charge is 0.0646 e. The van der Waals surface area contributed by atoms with Crippen molar-refractivity contribution in [2.45, 2.75) is 15.6 Å². The number of benzene rings is 1. The maximum atomic E-state index is 5.04. The quantitative estimate of drug-likeness (QED) is 0.742. The van der Waals surface area contributed by atoms with E-state index in [2.05, 4.69) is 57.0 Å². The minimum Gasteiger partial charge on any atom is -0.383 e. The van der Waals surface area contributed by atoms with Crippen LogP contribution in [0.25, 0.3) is 0 Å². The molecule has 0 aliphatic heterocycles. The minimum atomic E-state index is 0.740. The van der Waals surface area contributed by atoms with Crippen molar-refractivity contribution in [2.24, 2.45) is 0 Å². The van der Waals surface area contributed by atoms with Gasteiger partial charge in [0.2, 0.25) is 0 Å². The van der Waals surface area contributed by atoms with Crippen molar-refractivity contribution in [3.63, 3.8) is 0 Å². The Hall–Kier alpha value is -0.330. The molecule has 0 aliphatic carbocycles. The molecule has 2 rings (SSSR count). The van der Waals surface area contributed by atoms with Gasteiger partial charge in [-0.05, 0) is 29.1 Å². The summed E-state index contributed by atoms with van der Waals surface area (Å²) in [7, 11) is 1.72. The SMILES string of the molecule is COCCNCc1ccc(Br)cc1Sc1cccs1. The van der Waals surface area contributed by atoms with Gasteiger partial charge in [-0.3, -0.25) is 0 Å². The van der Waals surface area contributed by atoms with E-state index in [0.29, 0.717) is 0 Å². The molecule has 0 amide bonds. The summed E-state index contributed by atoms with van der Waals surface area (Å²) in [5.41, 5.74) is 1.32. The van der Waals surface area contributed by atoms with E-state index < -0.39 is 0 Å². The molecule has 2 aromatic rings. The van der Waals surface area contributed by atoms with Gasteiger partial charge in [-0.2, -0.15) is 0 Å². The number of hydrogen-bond acceptors (Lipinski definition) is 4. The van der Waals surface area contributed by atoms with Crippen LogP contribution in [-0.2, 0) is 11.3 Å². The first-order valence-corrected chi connectivity index (χ1v) is 8.48.